The third kappa shape index (κ3) is 2.80. The Balaban J connectivity index is 2.26. The molecule has 0 fully saturated rings. The van der Waals surface area contributed by atoms with Crippen LogP contribution in [-0.4, -0.2) is 15.2 Å². The third-order valence-corrected chi connectivity index (χ3v) is 3.68. The summed E-state index contributed by atoms with van der Waals surface area (Å²) < 4.78 is 6.10. The van der Waals surface area contributed by atoms with Gasteiger partial charge in [0.2, 0.25) is 5.82 Å². The molecule has 0 bridgehead atoms. The zero-order valence-electron chi connectivity index (χ0n) is 8.98. The molecule has 0 aromatic carbocycles. The van der Waals surface area contributed by atoms with Crippen LogP contribution in [0.2, 0.25) is 8.67 Å². The lowest BCUT2D eigenvalue weighted by molar-refractivity contribution is 0.153. The van der Waals surface area contributed by atoms with Gasteiger partial charge in [-0.05, 0) is 12.5 Å². The first kappa shape index (κ1) is 12.8. The summed E-state index contributed by atoms with van der Waals surface area (Å²) in [4.78, 5) is 4.11. The minimum atomic E-state index is -0.703. The lowest BCUT2D eigenvalue weighted by atomic mass is 10.2. The molecule has 0 aliphatic carbocycles. The van der Waals surface area contributed by atoms with E-state index in [-0.39, 0.29) is 11.7 Å². The summed E-state index contributed by atoms with van der Waals surface area (Å²) in [6, 6.07) is 1.66. The number of aliphatic hydroxyl groups excluding tert-OH is 1. The summed E-state index contributed by atoms with van der Waals surface area (Å²) in [5, 5.41) is 13.4. The van der Waals surface area contributed by atoms with Crippen LogP contribution in [0, 0.1) is 0 Å². The Morgan fingerprint density at radius 3 is 2.88 bits per heavy atom. The van der Waals surface area contributed by atoms with E-state index in [0.717, 1.165) is 6.42 Å². The van der Waals surface area contributed by atoms with Crippen molar-refractivity contribution < 1.29 is 9.63 Å². The molecular weight excluding hydrogens is 283 g/mol. The summed E-state index contributed by atoms with van der Waals surface area (Å²) in [7, 11) is 0. The molecule has 0 radical (unpaired) electrons. The first-order valence-corrected chi connectivity index (χ1v) is 6.66. The van der Waals surface area contributed by atoms with E-state index in [9.17, 15) is 5.11 Å². The molecule has 7 heteroatoms. The number of nitrogens with zero attached hydrogens (tertiary/aromatic N) is 2. The van der Waals surface area contributed by atoms with Crippen molar-refractivity contribution in [2.75, 3.05) is 0 Å². The molecule has 0 spiro atoms. The Kier molecular flexibility index (Phi) is 4.04. The van der Waals surface area contributed by atoms with E-state index in [0.29, 0.717) is 20.7 Å². The highest BCUT2D eigenvalue weighted by Gasteiger charge is 2.18. The van der Waals surface area contributed by atoms with E-state index in [1.54, 1.807) is 6.07 Å². The van der Waals surface area contributed by atoms with Crippen molar-refractivity contribution in [2.24, 2.45) is 0 Å². The van der Waals surface area contributed by atoms with E-state index >= 15 is 0 Å². The maximum Gasteiger partial charge on any atom is 0.260 e. The number of halogens is 2. The summed E-state index contributed by atoms with van der Waals surface area (Å²) in [5.74, 6) is 0.559. The molecule has 0 saturated heterocycles. The molecule has 2 aromatic heterocycles. The Hall–Kier alpha value is -0.620. The van der Waals surface area contributed by atoms with Gasteiger partial charge < -0.3 is 9.63 Å². The van der Waals surface area contributed by atoms with Crippen LogP contribution < -0.4 is 0 Å². The molecule has 1 atom stereocenters. The summed E-state index contributed by atoms with van der Waals surface area (Å²) in [6.07, 6.45) is 0.734. The molecule has 0 amide bonds. The molecular formula is C10H10Cl2N2O2S. The molecule has 0 aliphatic heterocycles. The van der Waals surface area contributed by atoms with Crippen molar-refractivity contribution in [2.45, 2.75) is 25.9 Å². The minimum Gasteiger partial charge on any atom is -0.385 e. The molecule has 2 rings (SSSR count). The highest BCUT2D eigenvalue weighted by Crippen LogP contribution is 2.37. The maximum absolute atomic E-state index is 9.71. The molecule has 0 aliphatic rings. The number of aliphatic hydroxyl groups is 1. The maximum atomic E-state index is 9.71. The number of thiophene rings is 1. The fourth-order valence-corrected chi connectivity index (χ4v) is 2.82. The van der Waals surface area contributed by atoms with Crippen molar-refractivity contribution in [3.05, 3.63) is 20.6 Å². The molecule has 0 saturated carbocycles. The number of aromatic nitrogens is 2. The van der Waals surface area contributed by atoms with Crippen molar-refractivity contribution in [3.63, 3.8) is 0 Å². The van der Waals surface area contributed by atoms with Crippen LogP contribution in [0.3, 0.4) is 0 Å². The first-order chi connectivity index (χ1) is 8.11. The lowest BCUT2D eigenvalue weighted by Crippen LogP contribution is -1.98. The lowest BCUT2D eigenvalue weighted by Gasteiger charge is -2.01. The quantitative estimate of drug-likeness (QED) is 0.927. The fraction of sp³-hybridized carbons (Fsp3) is 0.400. The normalized spacial score (nSPS) is 12.9. The van der Waals surface area contributed by atoms with Crippen molar-refractivity contribution in [1.29, 1.82) is 0 Å². The van der Waals surface area contributed by atoms with Crippen molar-refractivity contribution >= 4 is 34.5 Å². The highest BCUT2D eigenvalue weighted by molar-refractivity contribution is 7.20. The molecule has 1 unspecified atom stereocenters. The Labute approximate surface area is 112 Å². The Morgan fingerprint density at radius 1 is 1.53 bits per heavy atom. The molecule has 17 heavy (non-hydrogen) atoms. The van der Waals surface area contributed by atoms with Crippen LogP contribution in [0.4, 0.5) is 0 Å². The second kappa shape index (κ2) is 5.35. The number of rotatable bonds is 4. The zero-order valence-corrected chi connectivity index (χ0v) is 11.3. The van der Waals surface area contributed by atoms with E-state index in [4.69, 9.17) is 27.7 Å². The largest absolute Gasteiger partial charge is 0.385 e. The van der Waals surface area contributed by atoms with Crippen LogP contribution in [0.1, 0.15) is 31.7 Å². The zero-order chi connectivity index (χ0) is 12.4. The highest BCUT2D eigenvalue weighted by atomic mass is 35.5. The van der Waals surface area contributed by atoms with Gasteiger partial charge in [-0.2, -0.15) is 4.98 Å². The number of hydrogen-bond acceptors (Lipinski definition) is 5. The Bertz CT molecular complexity index is 512. The summed E-state index contributed by atoms with van der Waals surface area (Å²) >= 11 is 13.0. The van der Waals surface area contributed by atoms with Gasteiger partial charge in [0.1, 0.15) is 10.4 Å². The van der Waals surface area contributed by atoms with Crippen molar-refractivity contribution in [1.82, 2.24) is 10.1 Å². The van der Waals surface area contributed by atoms with Crippen LogP contribution in [0.15, 0.2) is 10.6 Å². The van der Waals surface area contributed by atoms with Gasteiger partial charge in [-0.1, -0.05) is 41.7 Å². The SMILES string of the molecule is CCCC(O)c1noc(-c2cc(Cl)sc2Cl)n1. The summed E-state index contributed by atoms with van der Waals surface area (Å²) in [5.41, 5.74) is 0.601. The average Bonchev–Trinajstić information content (AvgIpc) is 2.85. The fourth-order valence-electron chi connectivity index (χ4n) is 1.37. The molecule has 92 valence electrons. The predicted molar refractivity (Wildman–Crippen MR) is 67.5 cm³/mol. The molecule has 4 nitrogen and oxygen atoms in total. The topological polar surface area (TPSA) is 59.2 Å². The van der Waals surface area contributed by atoms with E-state index in [2.05, 4.69) is 10.1 Å². The minimum absolute atomic E-state index is 0.278. The van der Waals surface area contributed by atoms with Crippen LogP contribution >= 0.6 is 34.5 Å². The second-order valence-electron chi connectivity index (χ2n) is 3.50. The molecule has 1 N–H and O–H groups in total. The van der Waals surface area contributed by atoms with Crippen LogP contribution in [0.5, 0.6) is 0 Å². The van der Waals surface area contributed by atoms with E-state index < -0.39 is 6.10 Å². The van der Waals surface area contributed by atoms with E-state index in [1.165, 1.54) is 11.3 Å². The monoisotopic (exact) mass is 292 g/mol. The van der Waals surface area contributed by atoms with Gasteiger partial charge in [-0.3, -0.25) is 0 Å². The number of hydrogen-bond donors (Lipinski definition) is 1. The van der Waals surface area contributed by atoms with Crippen LogP contribution in [-0.2, 0) is 0 Å². The Morgan fingerprint density at radius 2 is 2.29 bits per heavy atom. The second-order valence-corrected chi connectivity index (χ2v) is 5.79. The van der Waals surface area contributed by atoms with Gasteiger partial charge in [0.25, 0.3) is 5.89 Å². The average molecular weight is 293 g/mol. The predicted octanol–water partition coefficient (Wildman–Crippen LogP) is 3.94. The molecule has 2 aromatic rings. The molecule has 2 heterocycles. The van der Waals surface area contributed by atoms with Crippen LogP contribution in [0.25, 0.3) is 11.5 Å². The first-order valence-electron chi connectivity index (χ1n) is 5.08. The van der Waals surface area contributed by atoms with Gasteiger partial charge >= 0.3 is 0 Å². The van der Waals surface area contributed by atoms with Gasteiger partial charge in [0, 0.05) is 0 Å². The standard InChI is InChI=1S/C10H10Cl2N2O2S/c1-2-3-6(15)9-13-10(16-14-9)5-4-7(11)17-8(5)12/h4,6,15H,2-3H2,1H3. The van der Waals surface area contributed by atoms with Gasteiger partial charge in [0.15, 0.2) is 0 Å². The van der Waals surface area contributed by atoms with Gasteiger partial charge in [-0.25, -0.2) is 0 Å². The third-order valence-electron chi connectivity index (χ3n) is 2.19. The van der Waals surface area contributed by atoms with Gasteiger partial charge in [-0.15, -0.1) is 11.3 Å². The summed E-state index contributed by atoms with van der Waals surface area (Å²) in [6.45, 7) is 1.97. The van der Waals surface area contributed by atoms with E-state index in [1.807, 2.05) is 6.92 Å². The smallest absolute Gasteiger partial charge is 0.260 e. The van der Waals surface area contributed by atoms with Gasteiger partial charge in [0.05, 0.1) is 9.90 Å². The van der Waals surface area contributed by atoms with Crippen molar-refractivity contribution in [3.8, 4) is 11.5 Å².